The van der Waals surface area contributed by atoms with E-state index in [0.29, 0.717) is 0 Å². The van der Waals surface area contributed by atoms with E-state index in [-0.39, 0.29) is 50.3 Å². The Bertz CT molecular complexity index is 724. The number of alkyl halides is 3. The molecular weight excluding hydrogens is 407 g/mol. The fourth-order valence-corrected chi connectivity index (χ4v) is 3.12. The van der Waals surface area contributed by atoms with Crippen molar-refractivity contribution in [3.05, 3.63) is 26.9 Å². The van der Waals surface area contributed by atoms with Gasteiger partial charge in [-0.3, -0.25) is 14.9 Å². The molecule has 1 saturated carbocycles. The van der Waals surface area contributed by atoms with Crippen molar-refractivity contribution >= 4 is 23.2 Å². The molecular formula is C16H19ClF3N3O5. The van der Waals surface area contributed by atoms with E-state index in [2.05, 4.69) is 10.3 Å². The zero-order valence-corrected chi connectivity index (χ0v) is 15.7. The Kier molecular flexibility index (Phi) is 7.41. The Morgan fingerprint density at radius 1 is 1.36 bits per heavy atom. The predicted octanol–water partition coefficient (Wildman–Crippen LogP) is 3.52. The van der Waals surface area contributed by atoms with Crippen LogP contribution in [0.5, 0.6) is 5.88 Å². The third-order valence-electron chi connectivity index (χ3n) is 4.42. The van der Waals surface area contributed by atoms with Crippen LogP contribution in [0.1, 0.15) is 36.0 Å². The van der Waals surface area contributed by atoms with Gasteiger partial charge in [-0.1, -0.05) is 11.6 Å². The van der Waals surface area contributed by atoms with Crippen molar-refractivity contribution in [2.45, 2.75) is 37.9 Å². The summed E-state index contributed by atoms with van der Waals surface area (Å²) in [6.45, 7) is 0.202. The van der Waals surface area contributed by atoms with Crippen LogP contribution in [0.3, 0.4) is 0 Å². The standard InChI is InChI=1S/C16H19ClF3N3O5/c1-27-6-7-28-15-11(8-12(23(25)26)13(17)22-15)14(24)21-10-4-2-9(3-5-10)16(18,19)20/h8-10H,2-7H2,1H3,(H,21,24). The highest BCUT2D eigenvalue weighted by atomic mass is 35.5. The summed E-state index contributed by atoms with van der Waals surface area (Å²) in [6.07, 6.45) is -4.13. The largest absolute Gasteiger partial charge is 0.475 e. The van der Waals surface area contributed by atoms with Gasteiger partial charge in [0.2, 0.25) is 11.0 Å². The summed E-state index contributed by atoms with van der Waals surface area (Å²) in [4.78, 5) is 26.6. The van der Waals surface area contributed by atoms with Gasteiger partial charge < -0.3 is 14.8 Å². The molecule has 0 aliphatic heterocycles. The number of hydrogen-bond donors (Lipinski definition) is 1. The Morgan fingerprint density at radius 2 is 2.00 bits per heavy atom. The van der Waals surface area contributed by atoms with E-state index in [1.54, 1.807) is 0 Å². The van der Waals surface area contributed by atoms with Gasteiger partial charge in [0.05, 0.1) is 17.4 Å². The molecule has 1 aromatic rings. The van der Waals surface area contributed by atoms with E-state index in [4.69, 9.17) is 21.1 Å². The van der Waals surface area contributed by atoms with Gasteiger partial charge in [0.1, 0.15) is 12.2 Å². The highest BCUT2D eigenvalue weighted by molar-refractivity contribution is 6.31. The summed E-state index contributed by atoms with van der Waals surface area (Å²) >= 11 is 5.76. The fraction of sp³-hybridized carbons (Fsp3) is 0.625. The number of pyridine rings is 1. The number of carbonyl (C=O) groups is 1. The zero-order chi connectivity index (χ0) is 20.9. The number of carbonyl (C=O) groups excluding carboxylic acids is 1. The summed E-state index contributed by atoms with van der Waals surface area (Å²) < 4.78 is 48.4. The third-order valence-corrected chi connectivity index (χ3v) is 4.69. The molecule has 1 amide bonds. The number of methoxy groups -OCH3 is 1. The van der Waals surface area contributed by atoms with E-state index in [0.717, 1.165) is 6.07 Å². The van der Waals surface area contributed by atoms with E-state index < -0.39 is 39.8 Å². The van der Waals surface area contributed by atoms with Crippen molar-refractivity contribution in [3.8, 4) is 5.88 Å². The van der Waals surface area contributed by atoms with E-state index in [1.165, 1.54) is 7.11 Å². The lowest BCUT2D eigenvalue weighted by Gasteiger charge is -2.30. The molecule has 0 atom stereocenters. The molecule has 1 aliphatic rings. The minimum absolute atomic E-state index is 0.0224. The molecule has 0 saturated heterocycles. The second-order valence-corrected chi connectivity index (χ2v) is 6.67. The van der Waals surface area contributed by atoms with Gasteiger partial charge in [0, 0.05) is 19.2 Å². The van der Waals surface area contributed by atoms with Gasteiger partial charge >= 0.3 is 11.9 Å². The van der Waals surface area contributed by atoms with E-state index in [9.17, 15) is 28.1 Å². The van der Waals surface area contributed by atoms with Gasteiger partial charge in [-0.2, -0.15) is 18.2 Å². The minimum atomic E-state index is -4.25. The Hall–Kier alpha value is -2.14. The summed E-state index contributed by atoms with van der Waals surface area (Å²) in [5.41, 5.74) is -0.795. The lowest BCUT2D eigenvalue weighted by Crippen LogP contribution is -2.40. The number of aromatic nitrogens is 1. The Balaban J connectivity index is 2.14. The summed E-state index contributed by atoms with van der Waals surface area (Å²) in [5, 5.41) is 13.2. The first-order chi connectivity index (χ1) is 13.1. The summed E-state index contributed by atoms with van der Waals surface area (Å²) in [6, 6.07) is 0.460. The maximum Gasteiger partial charge on any atom is 0.391 e. The van der Waals surface area contributed by atoms with Gasteiger partial charge in [-0.15, -0.1) is 0 Å². The van der Waals surface area contributed by atoms with Crippen LogP contribution in [0.25, 0.3) is 0 Å². The molecule has 1 aromatic heterocycles. The van der Waals surface area contributed by atoms with Crippen LogP contribution in [-0.2, 0) is 4.74 Å². The maximum absolute atomic E-state index is 12.8. The highest BCUT2D eigenvalue weighted by Crippen LogP contribution is 2.37. The van der Waals surface area contributed by atoms with Crippen LogP contribution in [0.4, 0.5) is 18.9 Å². The molecule has 8 nitrogen and oxygen atoms in total. The molecule has 1 fully saturated rings. The van der Waals surface area contributed by atoms with E-state index >= 15 is 0 Å². The van der Waals surface area contributed by atoms with Gasteiger partial charge in [0.15, 0.2) is 0 Å². The predicted molar refractivity (Wildman–Crippen MR) is 92.5 cm³/mol. The van der Waals surface area contributed by atoms with Crippen LogP contribution in [-0.4, -0.2) is 48.4 Å². The average Bonchev–Trinajstić information content (AvgIpc) is 2.61. The van der Waals surface area contributed by atoms with Gasteiger partial charge in [0.25, 0.3) is 5.91 Å². The molecule has 1 N–H and O–H groups in total. The monoisotopic (exact) mass is 425 g/mol. The molecule has 28 heavy (non-hydrogen) atoms. The number of nitrogens with one attached hydrogen (secondary N) is 1. The number of rotatable bonds is 7. The second-order valence-electron chi connectivity index (χ2n) is 6.31. The van der Waals surface area contributed by atoms with Crippen molar-refractivity contribution in [2.24, 2.45) is 5.92 Å². The Morgan fingerprint density at radius 3 is 2.54 bits per heavy atom. The maximum atomic E-state index is 12.8. The lowest BCUT2D eigenvalue weighted by atomic mass is 9.85. The van der Waals surface area contributed by atoms with Crippen molar-refractivity contribution in [1.82, 2.24) is 10.3 Å². The minimum Gasteiger partial charge on any atom is -0.475 e. The van der Waals surface area contributed by atoms with Gasteiger partial charge in [-0.25, -0.2) is 0 Å². The molecule has 0 bridgehead atoms. The molecule has 0 spiro atoms. The lowest BCUT2D eigenvalue weighted by molar-refractivity contribution is -0.385. The van der Waals surface area contributed by atoms with Crippen LogP contribution >= 0.6 is 11.6 Å². The van der Waals surface area contributed by atoms with Crippen molar-refractivity contribution in [2.75, 3.05) is 20.3 Å². The second kappa shape index (κ2) is 9.37. The molecule has 2 rings (SSSR count). The van der Waals surface area contributed by atoms with Crippen LogP contribution < -0.4 is 10.1 Å². The SMILES string of the molecule is COCCOc1nc(Cl)c([N+](=O)[O-])cc1C(=O)NC1CCC(C(F)(F)F)CC1. The third kappa shape index (κ3) is 5.68. The summed E-state index contributed by atoms with van der Waals surface area (Å²) in [5.74, 6) is -2.32. The zero-order valence-electron chi connectivity index (χ0n) is 14.9. The number of amides is 1. The first-order valence-electron chi connectivity index (χ1n) is 8.47. The summed E-state index contributed by atoms with van der Waals surface area (Å²) in [7, 11) is 1.44. The van der Waals surface area contributed by atoms with Crippen LogP contribution in [0.15, 0.2) is 6.07 Å². The number of hydrogen-bond acceptors (Lipinski definition) is 6. The van der Waals surface area contributed by atoms with Crippen molar-refractivity contribution < 1.29 is 32.4 Å². The fourth-order valence-electron chi connectivity index (χ4n) is 2.92. The molecule has 0 unspecified atom stereocenters. The van der Waals surface area contributed by atoms with Crippen LogP contribution in [0.2, 0.25) is 5.15 Å². The molecule has 0 radical (unpaired) electrons. The van der Waals surface area contributed by atoms with Crippen molar-refractivity contribution in [3.63, 3.8) is 0 Å². The first kappa shape index (κ1) is 22.2. The van der Waals surface area contributed by atoms with Gasteiger partial charge in [-0.05, 0) is 25.7 Å². The topological polar surface area (TPSA) is 104 Å². The number of halogens is 4. The molecule has 1 aliphatic carbocycles. The molecule has 12 heteroatoms. The average molecular weight is 426 g/mol. The smallest absolute Gasteiger partial charge is 0.391 e. The number of nitrogens with zero attached hydrogens (tertiary/aromatic N) is 2. The molecule has 156 valence electrons. The first-order valence-corrected chi connectivity index (χ1v) is 8.85. The Labute approximate surface area is 163 Å². The highest BCUT2D eigenvalue weighted by Gasteiger charge is 2.41. The van der Waals surface area contributed by atoms with Crippen LogP contribution in [0, 0.1) is 16.0 Å². The number of ether oxygens (including phenoxy) is 2. The van der Waals surface area contributed by atoms with Crippen molar-refractivity contribution in [1.29, 1.82) is 0 Å². The van der Waals surface area contributed by atoms with E-state index in [1.807, 2.05) is 0 Å². The quantitative estimate of drug-likeness (QED) is 0.310. The normalized spacial score (nSPS) is 19.9. The molecule has 1 heterocycles. The number of nitro groups is 1. The molecule has 0 aromatic carbocycles.